The van der Waals surface area contributed by atoms with Crippen molar-refractivity contribution in [3.63, 3.8) is 0 Å². The third-order valence-electron chi connectivity index (χ3n) is 3.73. The molecule has 1 aliphatic rings. The first-order valence-electron chi connectivity index (χ1n) is 8.05. The molecule has 1 aliphatic heterocycles. The topological polar surface area (TPSA) is 31.4 Å². The molecule has 0 atom stereocenters. The molecule has 3 aromatic rings. The van der Waals surface area contributed by atoms with Gasteiger partial charge in [0, 0.05) is 18.4 Å². The molecule has 25 heavy (non-hydrogen) atoms. The fourth-order valence-corrected chi connectivity index (χ4v) is 5.00. The summed E-state index contributed by atoms with van der Waals surface area (Å²) in [5.41, 5.74) is 1.05. The maximum absolute atomic E-state index is 5.86. The van der Waals surface area contributed by atoms with Gasteiger partial charge in [-0.2, -0.15) is 0 Å². The number of hydrogen-bond donors (Lipinski definition) is 0. The lowest BCUT2D eigenvalue weighted by atomic mass is 9.79. The van der Waals surface area contributed by atoms with Crippen LogP contribution in [0.25, 0.3) is 0 Å². The molecule has 2 heterocycles. The van der Waals surface area contributed by atoms with Gasteiger partial charge in [0.05, 0.1) is 12.7 Å². The van der Waals surface area contributed by atoms with Crippen molar-refractivity contribution in [2.45, 2.75) is 0 Å². The van der Waals surface area contributed by atoms with Gasteiger partial charge < -0.3 is 9.31 Å². The van der Waals surface area contributed by atoms with E-state index in [0.29, 0.717) is 12.7 Å². The van der Waals surface area contributed by atoms with Crippen LogP contribution in [0.4, 0.5) is 0 Å². The number of benzene rings is 2. The monoisotopic (exact) mass is 367 g/mol. The Morgan fingerprint density at radius 1 is 0.760 bits per heavy atom. The molecule has 6 heteroatoms. The number of hydrogen-bond acceptors (Lipinski definition) is 4. The molecule has 3 nitrogen and oxygen atoms in total. The Morgan fingerprint density at radius 2 is 1.28 bits per heavy atom. The minimum atomic E-state index is -1.73. The second kappa shape index (κ2) is 9.07. The van der Waals surface area contributed by atoms with E-state index in [4.69, 9.17) is 21.1 Å². The Kier molecular flexibility index (Phi) is 6.54. The van der Waals surface area contributed by atoms with Crippen LogP contribution < -0.4 is 10.8 Å². The van der Waals surface area contributed by atoms with Gasteiger partial charge in [-0.1, -0.05) is 78.5 Å². The summed E-state index contributed by atoms with van der Waals surface area (Å²) in [4.78, 5) is 3.78. The van der Waals surface area contributed by atoms with Gasteiger partial charge in [0.25, 0.3) is 0 Å². The lowest BCUT2D eigenvalue weighted by Crippen LogP contribution is -2.41. The minimum Gasteiger partial charge on any atom is -0.402 e. The van der Waals surface area contributed by atoms with Crippen molar-refractivity contribution >= 4 is 35.7 Å². The van der Waals surface area contributed by atoms with E-state index in [1.165, 1.54) is 5.30 Å². The highest BCUT2D eigenvalue weighted by Crippen LogP contribution is 2.47. The van der Waals surface area contributed by atoms with Crippen LogP contribution in [0.5, 0.6) is 0 Å². The number of rotatable bonds is 2. The minimum absolute atomic E-state index is 0.277. The van der Waals surface area contributed by atoms with E-state index in [2.05, 4.69) is 17.1 Å². The maximum Gasteiger partial charge on any atom is 0.494 e. The van der Waals surface area contributed by atoms with Gasteiger partial charge in [-0.25, -0.2) is 0 Å². The molecule has 0 unspecified atom stereocenters. The molecule has 0 saturated carbocycles. The van der Waals surface area contributed by atoms with E-state index in [0.717, 1.165) is 5.46 Å². The van der Waals surface area contributed by atoms with Gasteiger partial charge in [-0.15, -0.1) is 0 Å². The maximum atomic E-state index is 5.86. The highest BCUT2D eigenvalue weighted by atomic mass is 32.4. The largest absolute Gasteiger partial charge is 0.494 e. The molecule has 0 radical (unpaired) electrons. The highest BCUT2D eigenvalue weighted by Gasteiger charge is 2.33. The quantitative estimate of drug-likeness (QED) is 0.514. The van der Waals surface area contributed by atoms with Crippen LogP contribution in [-0.4, -0.2) is 24.8 Å². The normalized spacial score (nSPS) is 15.8. The summed E-state index contributed by atoms with van der Waals surface area (Å²) in [6.07, 6.45) is 4.71. The highest BCUT2D eigenvalue weighted by molar-refractivity contribution is 8.18. The first-order chi connectivity index (χ1) is 12.3. The molecule has 1 saturated heterocycles. The van der Waals surface area contributed by atoms with Crippen molar-refractivity contribution in [2.24, 2.45) is 0 Å². The summed E-state index contributed by atoms with van der Waals surface area (Å²) in [6.45, 7) is 0. The predicted octanol–water partition coefficient (Wildman–Crippen LogP) is 3.23. The second-order valence-electron chi connectivity index (χ2n) is 5.58. The summed E-state index contributed by atoms with van der Waals surface area (Å²) >= 11 is 5.78. The Labute approximate surface area is 154 Å². The molecule has 0 bridgehead atoms. The standard InChI is InChI=1S/C14H14BO2PS.C5H5N/c19-18(14-9-5-2-6-10-14)11-16-15(17-12-18)13-7-3-1-4-8-13;1-2-4-6-5-3-1/h1-10H,11-12H2;1-5H. The van der Waals surface area contributed by atoms with Crippen molar-refractivity contribution < 1.29 is 9.31 Å². The van der Waals surface area contributed by atoms with Gasteiger partial charge in [0.2, 0.25) is 0 Å². The van der Waals surface area contributed by atoms with E-state index >= 15 is 0 Å². The van der Waals surface area contributed by atoms with Gasteiger partial charge in [-0.3, -0.25) is 4.98 Å². The SMILES string of the molecule is S=P1(c2ccccc2)COB(c2ccccc2)OC1.c1ccncc1. The summed E-state index contributed by atoms with van der Waals surface area (Å²) < 4.78 is 11.7. The number of nitrogens with zero attached hydrogens (tertiary/aromatic N) is 1. The van der Waals surface area contributed by atoms with Crippen LogP contribution in [0.1, 0.15) is 0 Å². The lowest BCUT2D eigenvalue weighted by molar-refractivity contribution is 0.245. The third-order valence-corrected chi connectivity index (χ3v) is 7.37. The van der Waals surface area contributed by atoms with E-state index in [-0.39, 0.29) is 7.12 Å². The van der Waals surface area contributed by atoms with Gasteiger partial charge in [0.15, 0.2) is 0 Å². The molecular weight excluding hydrogens is 348 g/mol. The molecular formula is C19H19BNO2PS. The first-order valence-corrected chi connectivity index (χ1v) is 11.2. The number of pyridine rings is 1. The molecule has 0 spiro atoms. The van der Waals surface area contributed by atoms with Crippen LogP contribution in [0, 0.1) is 0 Å². The van der Waals surface area contributed by atoms with Crippen LogP contribution in [0.2, 0.25) is 0 Å². The van der Waals surface area contributed by atoms with Crippen LogP contribution in [-0.2, 0) is 21.1 Å². The molecule has 4 rings (SSSR count). The summed E-state index contributed by atoms with van der Waals surface area (Å²) in [6, 6.07) is 24.2. The van der Waals surface area contributed by atoms with E-state index in [1.807, 2.05) is 66.7 Å². The Bertz CT molecular complexity index is 767. The number of aromatic nitrogens is 1. The molecule has 126 valence electrons. The van der Waals surface area contributed by atoms with Crippen LogP contribution in [0.15, 0.2) is 91.3 Å². The smallest absolute Gasteiger partial charge is 0.402 e. The lowest BCUT2D eigenvalue weighted by Gasteiger charge is -2.31. The average Bonchev–Trinajstić information content (AvgIpc) is 2.72. The molecule has 0 aliphatic carbocycles. The van der Waals surface area contributed by atoms with Crippen LogP contribution >= 0.6 is 6.04 Å². The predicted molar refractivity (Wildman–Crippen MR) is 108 cm³/mol. The summed E-state index contributed by atoms with van der Waals surface area (Å²) in [7, 11) is -0.277. The van der Waals surface area contributed by atoms with E-state index in [1.54, 1.807) is 12.4 Å². The fourth-order valence-electron chi connectivity index (χ4n) is 2.43. The zero-order chi connectivity index (χ0) is 17.4. The van der Waals surface area contributed by atoms with Crippen molar-refractivity contribution in [1.82, 2.24) is 4.98 Å². The average molecular weight is 367 g/mol. The van der Waals surface area contributed by atoms with Crippen molar-refractivity contribution in [2.75, 3.05) is 12.7 Å². The van der Waals surface area contributed by atoms with Crippen LogP contribution in [0.3, 0.4) is 0 Å². The first kappa shape index (κ1) is 18.0. The van der Waals surface area contributed by atoms with E-state index in [9.17, 15) is 0 Å². The Balaban J connectivity index is 0.000000258. The Morgan fingerprint density at radius 3 is 1.76 bits per heavy atom. The Hall–Kier alpha value is -1.78. The zero-order valence-electron chi connectivity index (χ0n) is 13.8. The summed E-state index contributed by atoms with van der Waals surface area (Å²) in [5, 5.41) is 1.19. The van der Waals surface area contributed by atoms with Gasteiger partial charge in [0.1, 0.15) is 0 Å². The molecule has 1 fully saturated rings. The fraction of sp³-hybridized carbons (Fsp3) is 0.105. The molecule has 0 N–H and O–H groups in total. The molecule has 0 amide bonds. The van der Waals surface area contributed by atoms with Gasteiger partial charge in [-0.05, 0) is 22.9 Å². The van der Waals surface area contributed by atoms with Gasteiger partial charge >= 0.3 is 7.12 Å². The van der Waals surface area contributed by atoms with E-state index < -0.39 is 6.04 Å². The molecule has 2 aromatic carbocycles. The molecule has 1 aromatic heterocycles. The third kappa shape index (κ3) is 5.10. The second-order valence-corrected chi connectivity index (χ2v) is 10.5. The zero-order valence-corrected chi connectivity index (χ0v) is 15.5. The van der Waals surface area contributed by atoms with Crippen molar-refractivity contribution in [3.8, 4) is 0 Å². The summed E-state index contributed by atoms with van der Waals surface area (Å²) in [5.74, 6) is 0. The van der Waals surface area contributed by atoms with Crippen molar-refractivity contribution in [3.05, 3.63) is 91.3 Å². The van der Waals surface area contributed by atoms with Crippen molar-refractivity contribution in [1.29, 1.82) is 0 Å².